The first kappa shape index (κ1) is 18.9. The van der Waals surface area contributed by atoms with Crippen molar-refractivity contribution in [3.8, 4) is 11.4 Å². The van der Waals surface area contributed by atoms with Crippen molar-refractivity contribution in [2.45, 2.75) is 38.5 Å². The maximum Gasteiger partial charge on any atom is 0.224 e. The quantitative estimate of drug-likeness (QED) is 0.752. The summed E-state index contributed by atoms with van der Waals surface area (Å²) in [4.78, 5) is 24.6. The lowest BCUT2D eigenvalue weighted by Crippen LogP contribution is -2.44. The fourth-order valence-electron chi connectivity index (χ4n) is 4.21. The lowest BCUT2D eigenvalue weighted by molar-refractivity contribution is -0.125. The number of anilines is 1. The average Bonchev–Trinajstić information content (AvgIpc) is 3.22. The number of carbonyl (C=O) groups excluding carboxylic acids is 1. The van der Waals surface area contributed by atoms with E-state index in [0.29, 0.717) is 19.5 Å². The van der Waals surface area contributed by atoms with Crippen LogP contribution in [0.1, 0.15) is 36.9 Å². The van der Waals surface area contributed by atoms with Crippen LogP contribution < -0.4 is 10.2 Å². The Bertz CT molecular complexity index is 825. The molecule has 28 heavy (non-hydrogen) atoms. The molecule has 2 aromatic rings. The number of aliphatic hydroxyl groups is 1. The number of aromatic nitrogens is 2. The molecule has 1 unspecified atom stereocenters. The summed E-state index contributed by atoms with van der Waals surface area (Å²) in [5, 5.41) is 11.9. The van der Waals surface area contributed by atoms with Gasteiger partial charge in [-0.2, -0.15) is 0 Å². The van der Waals surface area contributed by atoms with Gasteiger partial charge in [0.1, 0.15) is 5.82 Å². The number of nitrogens with zero attached hydrogens (tertiary/aromatic N) is 3. The molecule has 1 aromatic heterocycles. The highest BCUT2D eigenvalue weighted by Crippen LogP contribution is 2.33. The van der Waals surface area contributed by atoms with E-state index in [1.54, 1.807) is 0 Å². The van der Waals surface area contributed by atoms with Gasteiger partial charge in [0.25, 0.3) is 0 Å². The van der Waals surface area contributed by atoms with Gasteiger partial charge in [0.05, 0.1) is 5.92 Å². The molecule has 1 aliphatic carbocycles. The summed E-state index contributed by atoms with van der Waals surface area (Å²) in [5.41, 5.74) is 3.47. The molecule has 148 valence electrons. The number of aliphatic hydroxyl groups excluding tert-OH is 1. The van der Waals surface area contributed by atoms with Crippen molar-refractivity contribution < 1.29 is 9.90 Å². The summed E-state index contributed by atoms with van der Waals surface area (Å²) in [6, 6.07) is 10.1. The van der Waals surface area contributed by atoms with Gasteiger partial charge in [-0.1, -0.05) is 30.3 Å². The van der Waals surface area contributed by atoms with Crippen LogP contribution in [0.5, 0.6) is 0 Å². The number of hydrogen-bond donors (Lipinski definition) is 2. The zero-order valence-corrected chi connectivity index (χ0v) is 16.2. The van der Waals surface area contributed by atoms with Gasteiger partial charge in [0, 0.05) is 43.1 Å². The van der Waals surface area contributed by atoms with E-state index in [4.69, 9.17) is 15.1 Å². The predicted octanol–water partition coefficient (Wildman–Crippen LogP) is 2.35. The molecule has 1 saturated heterocycles. The van der Waals surface area contributed by atoms with Crippen LogP contribution in [0, 0.1) is 5.92 Å². The van der Waals surface area contributed by atoms with E-state index < -0.39 is 0 Å². The van der Waals surface area contributed by atoms with Crippen LogP contribution in [0.25, 0.3) is 11.4 Å². The highest BCUT2D eigenvalue weighted by atomic mass is 16.3. The molecule has 1 fully saturated rings. The van der Waals surface area contributed by atoms with E-state index in [0.717, 1.165) is 55.9 Å². The topological polar surface area (TPSA) is 78.4 Å². The van der Waals surface area contributed by atoms with Gasteiger partial charge in [0.15, 0.2) is 5.82 Å². The highest BCUT2D eigenvalue weighted by Gasteiger charge is 2.30. The number of aryl methyl sites for hydroxylation is 1. The number of amides is 1. The molecule has 4 rings (SSSR count). The van der Waals surface area contributed by atoms with E-state index in [9.17, 15) is 4.79 Å². The molecule has 2 aliphatic rings. The molecule has 0 bridgehead atoms. The van der Waals surface area contributed by atoms with E-state index >= 15 is 0 Å². The smallest absolute Gasteiger partial charge is 0.224 e. The molecule has 2 heterocycles. The first-order valence-corrected chi connectivity index (χ1v) is 10.3. The molecule has 0 spiro atoms. The Kier molecular flexibility index (Phi) is 5.86. The Morgan fingerprint density at radius 1 is 1.18 bits per heavy atom. The normalized spacial score (nSPS) is 18.8. The monoisotopic (exact) mass is 380 g/mol. The van der Waals surface area contributed by atoms with E-state index in [-0.39, 0.29) is 18.4 Å². The molecule has 1 atom stereocenters. The second kappa shape index (κ2) is 8.69. The van der Waals surface area contributed by atoms with Crippen LogP contribution in [0.4, 0.5) is 5.82 Å². The first-order chi connectivity index (χ1) is 13.8. The van der Waals surface area contributed by atoms with Crippen LogP contribution in [0.3, 0.4) is 0 Å². The van der Waals surface area contributed by atoms with Crippen molar-refractivity contribution in [3.63, 3.8) is 0 Å². The number of nitrogens with one attached hydrogen (secondary N) is 1. The van der Waals surface area contributed by atoms with Crippen molar-refractivity contribution in [3.05, 3.63) is 41.6 Å². The minimum Gasteiger partial charge on any atom is -0.396 e. The Morgan fingerprint density at radius 3 is 2.86 bits per heavy atom. The van der Waals surface area contributed by atoms with E-state index in [1.807, 2.05) is 30.3 Å². The maximum atomic E-state index is 12.5. The summed E-state index contributed by atoms with van der Waals surface area (Å²) >= 11 is 0. The minimum absolute atomic E-state index is 0.0281. The molecule has 1 aliphatic heterocycles. The lowest BCUT2D eigenvalue weighted by atomic mass is 9.96. The maximum absolute atomic E-state index is 12.5. The van der Waals surface area contributed by atoms with Gasteiger partial charge in [-0.3, -0.25) is 4.79 Å². The van der Waals surface area contributed by atoms with Crippen molar-refractivity contribution >= 4 is 11.7 Å². The zero-order chi connectivity index (χ0) is 19.3. The summed E-state index contributed by atoms with van der Waals surface area (Å²) in [6.07, 6.45) is 5.63. The number of fused-ring (bicyclic) bond motifs is 1. The van der Waals surface area contributed by atoms with Gasteiger partial charge in [-0.25, -0.2) is 9.97 Å². The Balaban J connectivity index is 1.58. The van der Waals surface area contributed by atoms with Gasteiger partial charge in [0.2, 0.25) is 5.91 Å². The molecule has 1 aromatic carbocycles. The van der Waals surface area contributed by atoms with Crippen LogP contribution in [-0.2, 0) is 17.6 Å². The number of piperidine rings is 1. The third-order valence-corrected chi connectivity index (χ3v) is 5.67. The van der Waals surface area contributed by atoms with Crippen LogP contribution in [0.15, 0.2) is 30.3 Å². The first-order valence-electron chi connectivity index (χ1n) is 10.3. The summed E-state index contributed by atoms with van der Waals surface area (Å²) < 4.78 is 0. The molecule has 6 heteroatoms. The van der Waals surface area contributed by atoms with Gasteiger partial charge < -0.3 is 15.3 Å². The van der Waals surface area contributed by atoms with Crippen molar-refractivity contribution in [1.29, 1.82) is 0 Å². The molecular formula is C22H28N4O2. The molecule has 6 nitrogen and oxygen atoms in total. The predicted molar refractivity (Wildman–Crippen MR) is 109 cm³/mol. The fraction of sp³-hybridized carbons (Fsp3) is 0.500. The summed E-state index contributed by atoms with van der Waals surface area (Å²) in [6.45, 7) is 2.26. The number of benzene rings is 1. The van der Waals surface area contributed by atoms with Crippen molar-refractivity contribution in [2.24, 2.45) is 5.92 Å². The highest BCUT2D eigenvalue weighted by molar-refractivity contribution is 5.79. The van der Waals surface area contributed by atoms with Gasteiger partial charge >= 0.3 is 0 Å². The number of carbonyl (C=O) groups is 1. The molecule has 1 amide bonds. The largest absolute Gasteiger partial charge is 0.396 e. The fourth-order valence-corrected chi connectivity index (χ4v) is 4.21. The van der Waals surface area contributed by atoms with E-state index in [1.165, 1.54) is 11.3 Å². The average molecular weight is 380 g/mol. The number of rotatable bonds is 6. The molecule has 2 N–H and O–H groups in total. The van der Waals surface area contributed by atoms with Crippen LogP contribution >= 0.6 is 0 Å². The van der Waals surface area contributed by atoms with E-state index in [2.05, 4.69) is 10.2 Å². The van der Waals surface area contributed by atoms with Crippen molar-refractivity contribution in [2.75, 3.05) is 31.1 Å². The molecule has 0 radical (unpaired) electrons. The second-order valence-electron chi connectivity index (χ2n) is 7.67. The lowest BCUT2D eigenvalue weighted by Gasteiger charge is -2.34. The standard InChI is InChI=1S/C22H28N4O2/c27-14-6-12-23-22(28)17-9-5-13-26(15-17)21-18-10-4-11-19(18)24-20(25-21)16-7-2-1-3-8-16/h1-3,7-8,17,27H,4-6,9-15H2,(H,23,28). The van der Waals surface area contributed by atoms with Crippen molar-refractivity contribution in [1.82, 2.24) is 15.3 Å². The molecular weight excluding hydrogens is 352 g/mol. The zero-order valence-electron chi connectivity index (χ0n) is 16.2. The van der Waals surface area contributed by atoms with Crippen LogP contribution in [-0.4, -0.2) is 47.2 Å². The third-order valence-electron chi connectivity index (χ3n) is 5.67. The SMILES string of the molecule is O=C(NCCCO)C1CCCN(c2nc(-c3ccccc3)nc3c2CCC3)C1. The second-order valence-corrected chi connectivity index (χ2v) is 7.67. The van der Waals surface area contributed by atoms with Crippen LogP contribution in [0.2, 0.25) is 0 Å². The van der Waals surface area contributed by atoms with Gasteiger partial charge in [-0.05, 0) is 38.5 Å². The van der Waals surface area contributed by atoms with Gasteiger partial charge in [-0.15, -0.1) is 0 Å². The Hall–Kier alpha value is -2.47. The molecule has 0 saturated carbocycles. The summed E-state index contributed by atoms with van der Waals surface area (Å²) in [5.74, 6) is 1.87. The number of hydrogen-bond acceptors (Lipinski definition) is 5. The Labute approximate surface area is 166 Å². The minimum atomic E-state index is -0.0281. The Morgan fingerprint density at radius 2 is 2.04 bits per heavy atom. The third kappa shape index (κ3) is 4.02. The summed E-state index contributed by atoms with van der Waals surface area (Å²) in [7, 11) is 0.